The zero-order chi connectivity index (χ0) is 14.9. The number of amidine groups is 1. The Hall–Kier alpha value is -2.32. The molecule has 1 fully saturated rings. The number of hydrogen-bond acceptors (Lipinski definition) is 6. The number of rotatable bonds is 3. The first-order valence-electron chi connectivity index (χ1n) is 7.55. The summed E-state index contributed by atoms with van der Waals surface area (Å²) in [6, 6.07) is 8.14. The van der Waals surface area contributed by atoms with E-state index < -0.39 is 0 Å². The minimum absolute atomic E-state index is 0.00474. The molecule has 0 spiro atoms. The molecule has 4 rings (SSSR count). The van der Waals surface area contributed by atoms with E-state index in [4.69, 9.17) is 0 Å². The van der Waals surface area contributed by atoms with E-state index in [2.05, 4.69) is 31.5 Å². The molecule has 0 aliphatic carbocycles. The van der Waals surface area contributed by atoms with Crippen LogP contribution in [0.5, 0.6) is 0 Å². The summed E-state index contributed by atoms with van der Waals surface area (Å²) in [5, 5.41) is 4.10. The van der Waals surface area contributed by atoms with Crippen LogP contribution in [0.4, 0.5) is 0 Å². The number of nitrogens with one attached hydrogen (secondary N) is 4. The lowest BCUT2D eigenvalue weighted by Crippen LogP contribution is -2.44. The van der Waals surface area contributed by atoms with Crippen molar-refractivity contribution in [3.05, 3.63) is 34.7 Å². The zero-order valence-electron chi connectivity index (χ0n) is 12.2. The molecule has 1 saturated heterocycles. The standard InChI is InChI=1S/C14H19N7O/c22-14-15-11-3-1-2-4-12(11)21(14)10-5-7-20(8-6-10)9-13-16-18-19-17-13/h1-4,10,18-19H,5-9H2,(H,15,22)(H,16,17). The van der Waals surface area contributed by atoms with Gasteiger partial charge in [-0.15, -0.1) is 10.6 Å². The fraction of sp³-hybridized carbons (Fsp3) is 0.429. The van der Waals surface area contributed by atoms with E-state index in [1.165, 1.54) is 0 Å². The third-order valence-electron chi connectivity index (χ3n) is 4.37. The van der Waals surface area contributed by atoms with E-state index in [9.17, 15) is 4.79 Å². The first-order valence-corrected chi connectivity index (χ1v) is 7.55. The highest BCUT2D eigenvalue weighted by atomic mass is 16.1. The van der Waals surface area contributed by atoms with Crippen LogP contribution in [0.15, 0.2) is 34.2 Å². The smallest absolute Gasteiger partial charge is 0.306 e. The number of imidazole rings is 1. The van der Waals surface area contributed by atoms with Gasteiger partial charge in [0, 0.05) is 19.1 Å². The molecule has 0 radical (unpaired) electrons. The molecule has 8 nitrogen and oxygen atoms in total. The molecule has 3 heterocycles. The van der Waals surface area contributed by atoms with Crippen LogP contribution in [-0.4, -0.2) is 39.9 Å². The second-order valence-corrected chi connectivity index (χ2v) is 5.74. The lowest BCUT2D eigenvalue weighted by Gasteiger charge is -2.32. The minimum Gasteiger partial charge on any atom is -0.306 e. The van der Waals surface area contributed by atoms with Crippen molar-refractivity contribution in [2.45, 2.75) is 18.9 Å². The molecule has 1 aromatic heterocycles. The summed E-state index contributed by atoms with van der Waals surface area (Å²) in [6.07, 6.45) is 1.94. The number of aromatic amines is 1. The first kappa shape index (κ1) is 13.4. The van der Waals surface area contributed by atoms with Crippen LogP contribution in [0.25, 0.3) is 11.0 Å². The maximum Gasteiger partial charge on any atom is 0.326 e. The molecule has 2 aromatic rings. The van der Waals surface area contributed by atoms with Gasteiger partial charge in [0.25, 0.3) is 0 Å². The molecule has 0 atom stereocenters. The lowest BCUT2D eigenvalue weighted by atomic mass is 10.0. The Kier molecular flexibility index (Phi) is 3.32. The van der Waals surface area contributed by atoms with E-state index in [0.717, 1.165) is 49.3 Å². The highest BCUT2D eigenvalue weighted by Crippen LogP contribution is 2.24. The Morgan fingerprint density at radius 1 is 1.23 bits per heavy atom. The normalized spacial score (nSPS) is 19.9. The van der Waals surface area contributed by atoms with Gasteiger partial charge in [-0.25, -0.2) is 10.3 Å². The average Bonchev–Trinajstić information content (AvgIpc) is 3.15. The van der Waals surface area contributed by atoms with Gasteiger partial charge in [-0.3, -0.25) is 14.9 Å². The third kappa shape index (κ3) is 2.36. The maximum absolute atomic E-state index is 12.2. The molecule has 1 aromatic carbocycles. The number of piperidine rings is 1. The van der Waals surface area contributed by atoms with Crippen molar-refractivity contribution in [3.8, 4) is 0 Å². The summed E-state index contributed by atoms with van der Waals surface area (Å²) in [6.45, 7) is 2.70. The van der Waals surface area contributed by atoms with Gasteiger partial charge in [0.15, 0.2) is 5.84 Å². The summed E-state index contributed by atoms with van der Waals surface area (Å²) >= 11 is 0. The van der Waals surface area contributed by atoms with Crippen molar-refractivity contribution in [2.24, 2.45) is 5.10 Å². The van der Waals surface area contributed by atoms with Gasteiger partial charge >= 0.3 is 5.69 Å². The molecule has 0 saturated carbocycles. The van der Waals surface area contributed by atoms with Gasteiger partial charge in [-0.1, -0.05) is 12.1 Å². The number of hydrazine groups is 2. The number of hydrazone groups is 1. The Bertz CT molecular complexity index is 754. The molecule has 4 N–H and O–H groups in total. The van der Waals surface area contributed by atoms with Gasteiger partial charge < -0.3 is 4.98 Å². The summed E-state index contributed by atoms with van der Waals surface area (Å²) in [5.74, 6) is 0.891. The van der Waals surface area contributed by atoms with Crippen LogP contribution in [0.2, 0.25) is 0 Å². The maximum atomic E-state index is 12.2. The number of nitrogens with zero attached hydrogens (tertiary/aromatic N) is 3. The van der Waals surface area contributed by atoms with Crippen molar-refractivity contribution >= 4 is 16.9 Å². The summed E-state index contributed by atoms with van der Waals surface area (Å²) in [5.41, 5.74) is 10.3. The summed E-state index contributed by atoms with van der Waals surface area (Å²) in [7, 11) is 0. The van der Waals surface area contributed by atoms with Gasteiger partial charge in [0.05, 0.1) is 17.6 Å². The van der Waals surface area contributed by atoms with E-state index in [1.54, 1.807) is 0 Å². The van der Waals surface area contributed by atoms with E-state index in [0.29, 0.717) is 0 Å². The van der Waals surface area contributed by atoms with Crippen molar-refractivity contribution in [3.63, 3.8) is 0 Å². The Labute approximate surface area is 127 Å². The van der Waals surface area contributed by atoms with Crippen molar-refractivity contribution in [2.75, 3.05) is 19.6 Å². The van der Waals surface area contributed by atoms with Crippen molar-refractivity contribution < 1.29 is 0 Å². The van der Waals surface area contributed by atoms with Crippen molar-refractivity contribution in [1.82, 2.24) is 30.9 Å². The number of H-pyrrole nitrogens is 1. The Morgan fingerprint density at radius 2 is 2.05 bits per heavy atom. The SMILES string of the molecule is O=c1[nH]c2ccccc2n1C1CCN(CC2=NNNN2)CC1. The Morgan fingerprint density at radius 3 is 2.82 bits per heavy atom. The van der Waals surface area contributed by atoms with Gasteiger partial charge in [0.2, 0.25) is 0 Å². The van der Waals surface area contributed by atoms with Crippen LogP contribution in [0, 0.1) is 0 Å². The number of hydrogen-bond donors (Lipinski definition) is 4. The van der Waals surface area contributed by atoms with Crippen LogP contribution in [0.1, 0.15) is 18.9 Å². The minimum atomic E-state index is -0.00474. The number of fused-ring (bicyclic) bond motifs is 1. The highest BCUT2D eigenvalue weighted by molar-refractivity contribution is 5.84. The van der Waals surface area contributed by atoms with Gasteiger partial charge in [-0.05, 0) is 25.0 Å². The molecule has 0 amide bonds. The molecule has 2 aliphatic rings. The van der Waals surface area contributed by atoms with Crippen molar-refractivity contribution in [1.29, 1.82) is 0 Å². The molecule has 0 unspecified atom stereocenters. The molecule has 0 bridgehead atoms. The predicted molar refractivity (Wildman–Crippen MR) is 84.1 cm³/mol. The van der Waals surface area contributed by atoms with Crippen LogP contribution in [-0.2, 0) is 0 Å². The summed E-state index contributed by atoms with van der Waals surface area (Å²) in [4.78, 5) is 17.5. The second-order valence-electron chi connectivity index (χ2n) is 5.74. The highest BCUT2D eigenvalue weighted by Gasteiger charge is 2.24. The van der Waals surface area contributed by atoms with Gasteiger partial charge in [-0.2, -0.15) is 0 Å². The fourth-order valence-electron chi connectivity index (χ4n) is 3.28. The third-order valence-corrected chi connectivity index (χ3v) is 4.37. The molecule has 2 aliphatic heterocycles. The van der Waals surface area contributed by atoms with E-state index in [-0.39, 0.29) is 11.7 Å². The quantitative estimate of drug-likeness (QED) is 0.635. The summed E-state index contributed by atoms with van der Waals surface area (Å²) < 4.78 is 1.92. The monoisotopic (exact) mass is 301 g/mol. The largest absolute Gasteiger partial charge is 0.326 e. The Balaban J connectivity index is 1.48. The second kappa shape index (κ2) is 5.47. The first-order chi connectivity index (χ1) is 10.8. The predicted octanol–water partition coefficient (Wildman–Crippen LogP) is -0.108. The molecule has 22 heavy (non-hydrogen) atoms. The number of para-hydroxylation sites is 2. The number of likely N-dealkylation sites (tertiary alicyclic amines) is 1. The zero-order valence-corrected chi connectivity index (χ0v) is 12.2. The molecule has 8 heteroatoms. The van der Waals surface area contributed by atoms with Crippen LogP contribution in [0.3, 0.4) is 0 Å². The topological polar surface area (TPSA) is 89.5 Å². The number of benzene rings is 1. The van der Waals surface area contributed by atoms with Crippen LogP contribution >= 0.6 is 0 Å². The van der Waals surface area contributed by atoms with E-state index >= 15 is 0 Å². The average molecular weight is 301 g/mol. The molecular formula is C14H19N7O. The van der Waals surface area contributed by atoms with E-state index in [1.807, 2.05) is 28.8 Å². The lowest BCUT2D eigenvalue weighted by molar-refractivity contribution is 0.207. The fourth-order valence-corrected chi connectivity index (χ4v) is 3.28. The molecular weight excluding hydrogens is 282 g/mol. The van der Waals surface area contributed by atoms with Gasteiger partial charge in [0.1, 0.15) is 0 Å². The molecule has 116 valence electrons. The number of aromatic nitrogens is 2. The van der Waals surface area contributed by atoms with Crippen LogP contribution < -0.4 is 22.2 Å².